The van der Waals surface area contributed by atoms with E-state index in [9.17, 15) is 22.8 Å². The lowest BCUT2D eigenvalue weighted by Gasteiger charge is -2.13. The first-order valence-corrected chi connectivity index (χ1v) is 10.9. The Hall–Kier alpha value is -3.66. The van der Waals surface area contributed by atoms with E-state index in [-0.39, 0.29) is 23.8 Å². The first kappa shape index (κ1) is 23.5. The first-order chi connectivity index (χ1) is 16.2. The normalized spacial score (nSPS) is 15.3. The van der Waals surface area contributed by atoms with Crippen LogP contribution >= 0.6 is 11.8 Å². The van der Waals surface area contributed by atoms with Crippen molar-refractivity contribution >= 4 is 29.0 Å². The van der Waals surface area contributed by atoms with Gasteiger partial charge in [-0.15, -0.1) is 13.2 Å². The molecule has 2 heterocycles. The van der Waals surface area contributed by atoms with E-state index in [1.54, 1.807) is 12.1 Å². The van der Waals surface area contributed by atoms with Gasteiger partial charge in [0.15, 0.2) is 0 Å². The minimum absolute atomic E-state index is 0.103. The molecule has 0 spiro atoms. The molecule has 0 atom stereocenters. The Morgan fingerprint density at radius 3 is 2.32 bits per heavy atom. The number of carbonyl (C=O) groups excluding carboxylic acids is 2. The average Bonchev–Trinajstić information content (AvgIpc) is 3.34. The number of benzene rings is 2. The van der Waals surface area contributed by atoms with Gasteiger partial charge in [-0.05, 0) is 67.2 Å². The molecule has 0 saturated carbocycles. The van der Waals surface area contributed by atoms with Gasteiger partial charge in [0.05, 0.1) is 11.4 Å². The molecule has 0 unspecified atom stereocenters. The van der Waals surface area contributed by atoms with Crippen molar-refractivity contribution in [2.45, 2.75) is 13.3 Å². The summed E-state index contributed by atoms with van der Waals surface area (Å²) in [7, 11) is 0. The number of nitrogens with zero attached hydrogens (tertiary/aromatic N) is 1. The fraction of sp³-hybridized carbons (Fsp3) is 0.167. The standard InChI is InChI=1S/C24H18F3NO5S/c1-15-2-6-17(7-3-15)31-13-12-28-22(29)21(34-23(28)30)14-19-10-11-20(32-19)16-4-8-18(9-5-16)33-24(25,26)27/h2-11,14H,12-13H2,1H3/b21-14-. The second-order valence-electron chi connectivity index (χ2n) is 7.27. The van der Waals surface area contributed by atoms with Gasteiger partial charge in [0.2, 0.25) is 0 Å². The third-order valence-corrected chi connectivity index (χ3v) is 5.66. The molecule has 34 heavy (non-hydrogen) atoms. The number of alkyl halides is 3. The molecule has 0 bridgehead atoms. The van der Waals surface area contributed by atoms with Gasteiger partial charge in [0.1, 0.15) is 29.6 Å². The molecular weight excluding hydrogens is 471 g/mol. The number of ether oxygens (including phenoxy) is 2. The molecular formula is C24H18F3NO5S. The summed E-state index contributed by atoms with van der Waals surface area (Å²) in [5.74, 6) is 0.564. The van der Waals surface area contributed by atoms with Crippen molar-refractivity contribution in [3.05, 3.63) is 76.9 Å². The molecule has 3 aromatic rings. The largest absolute Gasteiger partial charge is 0.573 e. The number of thioether (sulfide) groups is 1. The molecule has 0 N–H and O–H groups in total. The Labute approximate surface area is 196 Å². The third-order valence-electron chi connectivity index (χ3n) is 4.75. The number of imide groups is 1. The van der Waals surface area contributed by atoms with E-state index in [4.69, 9.17) is 9.15 Å². The Morgan fingerprint density at radius 1 is 0.971 bits per heavy atom. The molecule has 0 aliphatic carbocycles. The molecule has 1 saturated heterocycles. The number of rotatable bonds is 7. The maximum absolute atomic E-state index is 12.6. The fourth-order valence-corrected chi connectivity index (χ4v) is 3.96. The number of halogens is 3. The second-order valence-corrected chi connectivity index (χ2v) is 8.26. The van der Waals surface area contributed by atoms with Crippen LogP contribution in [0.1, 0.15) is 11.3 Å². The van der Waals surface area contributed by atoms with Gasteiger partial charge < -0.3 is 13.9 Å². The molecule has 0 radical (unpaired) electrons. The van der Waals surface area contributed by atoms with Crippen molar-refractivity contribution in [3.63, 3.8) is 0 Å². The van der Waals surface area contributed by atoms with Crippen LogP contribution in [0.5, 0.6) is 11.5 Å². The number of aryl methyl sites for hydroxylation is 1. The van der Waals surface area contributed by atoms with Gasteiger partial charge in [-0.2, -0.15) is 0 Å². The summed E-state index contributed by atoms with van der Waals surface area (Å²) in [4.78, 5) is 26.2. The predicted octanol–water partition coefficient (Wildman–Crippen LogP) is 6.27. The van der Waals surface area contributed by atoms with Crippen LogP contribution in [0.15, 0.2) is 70.0 Å². The van der Waals surface area contributed by atoms with Crippen LogP contribution in [-0.2, 0) is 4.79 Å². The summed E-state index contributed by atoms with van der Waals surface area (Å²) in [5, 5.41) is -0.407. The highest BCUT2D eigenvalue weighted by molar-refractivity contribution is 8.18. The molecule has 6 nitrogen and oxygen atoms in total. The van der Waals surface area contributed by atoms with Gasteiger partial charge in [-0.3, -0.25) is 14.5 Å². The third kappa shape index (κ3) is 5.82. The average molecular weight is 489 g/mol. The van der Waals surface area contributed by atoms with E-state index in [1.807, 2.05) is 31.2 Å². The molecule has 1 fully saturated rings. The van der Waals surface area contributed by atoms with Crippen LogP contribution in [0, 0.1) is 6.92 Å². The highest BCUT2D eigenvalue weighted by Crippen LogP contribution is 2.33. The van der Waals surface area contributed by atoms with E-state index >= 15 is 0 Å². The van der Waals surface area contributed by atoms with Crippen molar-refractivity contribution in [1.29, 1.82) is 0 Å². The predicted molar refractivity (Wildman–Crippen MR) is 120 cm³/mol. The van der Waals surface area contributed by atoms with Gasteiger partial charge in [0.25, 0.3) is 11.1 Å². The highest BCUT2D eigenvalue weighted by Gasteiger charge is 2.35. The van der Waals surface area contributed by atoms with Crippen LogP contribution in [0.25, 0.3) is 17.4 Å². The van der Waals surface area contributed by atoms with Gasteiger partial charge >= 0.3 is 6.36 Å². The zero-order valence-electron chi connectivity index (χ0n) is 17.8. The second kappa shape index (κ2) is 9.68. The van der Waals surface area contributed by atoms with E-state index in [0.717, 1.165) is 22.2 Å². The number of furan rings is 1. The molecule has 4 rings (SSSR count). The highest BCUT2D eigenvalue weighted by atomic mass is 32.2. The van der Waals surface area contributed by atoms with Crippen LogP contribution in [0.2, 0.25) is 0 Å². The van der Waals surface area contributed by atoms with Crippen molar-refractivity contribution in [2.24, 2.45) is 0 Å². The topological polar surface area (TPSA) is 69.0 Å². The zero-order valence-corrected chi connectivity index (χ0v) is 18.6. The Morgan fingerprint density at radius 2 is 1.65 bits per heavy atom. The maximum atomic E-state index is 12.6. The molecule has 2 amide bonds. The molecule has 1 aliphatic heterocycles. The van der Waals surface area contributed by atoms with Crippen LogP contribution in [0.4, 0.5) is 18.0 Å². The number of hydrogen-bond donors (Lipinski definition) is 0. The van der Waals surface area contributed by atoms with E-state index in [0.29, 0.717) is 22.8 Å². The lowest BCUT2D eigenvalue weighted by molar-refractivity contribution is -0.274. The summed E-state index contributed by atoms with van der Waals surface area (Å²) < 4.78 is 52.0. The fourth-order valence-electron chi connectivity index (χ4n) is 3.12. The van der Waals surface area contributed by atoms with Gasteiger partial charge in [-0.1, -0.05) is 17.7 Å². The zero-order chi connectivity index (χ0) is 24.3. The van der Waals surface area contributed by atoms with Crippen molar-refractivity contribution in [1.82, 2.24) is 4.90 Å². The summed E-state index contributed by atoms with van der Waals surface area (Å²) in [5.41, 5.74) is 1.62. The first-order valence-electron chi connectivity index (χ1n) is 10.1. The van der Waals surface area contributed by atoms with Crippen molar-refractivity contribution in [3.8, 4) is 22.8 Å². The maximum Gasteiger partial charge on any atom is 0.573 e. The number of hydrogen-bond acceptors (Lipinski definition) is 6. The quantitative estimate of drug-likeness (QED) is 0.365. The Balaban J connectivity index is 1.38. The molecule has 1 aromatic heterocycles. The number of amides is 2. The minimum Gasteiger partial charge on any atom is -0.492 e. The van der Waals surface area contributed by atoms with Crippen LogP contribution < -0.4 is 9.47 Å². The smallest absolute Gasteiger partial charge is 0.492 e. The van der Waals surface area contributed by atoms with E-state index in [2.05, 4.69) is 4.74 Å². The van der Waals surface area contributed by atoms with Crippen molar-refractivity contribution in [2.75, 3.05) is 13.2 Å². The van der Waals surface area contributed by atoms with E-state index in [1.165, 1.54) is 30.3 Å². The summed E-state index contributed by atoms with van der Waals surface area (Å²) in [6, 6.07) is 15.8. The SMILES string of the molecule is Cc1ccc(OCCN2C(=O)S/C(=C\c3ccc(-c4ccc(OC(F)(F)F)cc4)o3)C2=O)cc1. The number of carbonyl (C=O) groups is 2. The monoisotopic (exact) mass is 489 g/mol. The summed E-state index contributed by atoms with van der Waals surface area (Å²) in [6.07, 6.45) is -3.31. The van der Waals surface area contributed by atoms with Crippen LogP contribution in [0.3, 0.4) is 0 Å². The summed E-state index contributed by atoms with van der Waals surface area (Å²) in [6.45, 7) is 2.22. The van der Waals surface area contributed by atoms with Crippen molar-refractivity contribution < 1.29 is 36.7 Å². The van der Waals surface area contributed by atoms with E-state index < -0.39 is 17.5 Å². The molecule has 1 aliphatic rings. The Bertz CT molecular complexity index is 1220. The summed E-state index contributed by atoms with van der Waals surface area (Å²) >= 11 is 0.797. The molecule has 176 valence electrons. The molecule has 10 heteroatoms. The Kier molecular flexibility index (Phi) is 6.69. The van der Waals surface area contributed by atoms with Gasteiger partial charge in [-0.25, -0.2) is 0 Å². The van der Waals surface area contributed by atoms with Gasteiger partial charge in [0, 0.05) is 11.6 Å². The minimum atomic E-state index is -4.77. The lowest BCUT2D eigenvalue weighted by atomic mass is 10.2. The van der Waals surface area contributed by atoms with Crippen LogP contribution in [-0.4, -0.2) is 35.6 Å². The lowest BCUT2D eigenvalue weighted by Crippen LogP contribution is -2.32. The molecule has 2 aromatic carbocycles.